The summed E-state index contributed by atoms with van der Waals surface area (Å²) in [6, 6.07) is 33.3. The van der Waals surface area contributed by atoms with Crippen LogP contribution >= 0.6 is 0 Å². The molecule has 0 spiro atoms. The van der Waals surface area contributed by atoms with E-state index in [4.69, 9.17) is 10.9 Å². The monoisotopic (exact) mass is 388 g/mol. The number of nitrogens with one attached hydrogen (secondary N) is 2. The molecule has 1 aromatic heterocycles. The number of hydrogen-bond acceptors (Lipinski definition) is 2. The number of fused-ring (bicyclic) bond motifs is 3. The molecule has 2 N–H and O–H groups in total. The van der Waals surface area contributed by atoms with Crippen molar-refractivity contribution in [2.45, 2.75) is 6.54 Å². The lowest BCUT2D eigenvalue weighted by atomic mass is 10.0. The van der Waals surface area contributed by atoms with Crippen molar-refractivity contribution in [2.24, 2.45) is 5.11 Å². The van der Waals surface area contributed by atoms with E-state index in [9.17, 15) is 0 Å². The van der Waals surface area contributed by atoms with Crippen LogP contribution in [0.15, 0.2) is 102 Å². The fourth-order valence-electron chi connectivity index (χ4n) is 4.05. The molecule has 5 aromatic rings. The minimum atomic E-state index is -0.0229. The minimum Gasteiger partial charge on any atom is -0.336 e. The summed E-state index contributed by atoms with van der Waals surface area (Å²) in [5.41, 5.74) is 13.7. The van der Waals surface area contributed by atoms with Crippen molar-refractivity contribution in [3.63, 3.8) is 0 Å². The first-order chi connectivity index (χ1) is 14.7. The average Bonchev–Trinajstić information content (AvgIpc) is 3.12. The zero-order valence-electron chi connectivity index (χ0n) is 16.3. The van der Waals surface area contributed by atoms with Crippen molar-refractivity contribution in [2.75, 3.05) is 0 Å². The second-order valence-electron chi connectivity index (χ2n) is 7.36. The standard InChI is InChI=1S/C26H20N4/c27-26(29-28)21-14-15-25-23(16-21)22-8-4-5-9-24(22)30(25)17-18-10-12-20(13-11-18)19-6-2-1-3-7-19/h1-16,27-28H,17H2. The van der Waals surface area contributed by atoms with Gasteiger partial charge in [0.2, 0.25) is 0 Å². The van der Waals surface area contributed by atoms with Gasteiger partial charge in [-0.3, -0.25) is 5.41 Å². The van der Waals surface area contributed by atoms with Crippen LogP contribution in [-0.4, -0.2) is 10.4 Å². The van der Waals surface area contributed by atoms with Crippen molar-refractivity contribution in [3.05, 3.63) is 108 Å². The largest absolute Gasteiger partial charge is 0.336 e. The fourth-order valence-corrected chi connectivity index (χ4v) is 4.05. The number of amidine groups is 1. The maximum Gasteiger partial charge on any atom is 0.173 e. The minimum absolute atomic E-state index is 0.0229. The SMILES string of the molecule is N=NC(=N)c1ccc2c(c1)c1ccccc1n2Cc1ccc(-c2ccccc2)cc1. The number of aromatic nitrogens is 1. The highest BCUT2D eigenvalue weighted by Crippen LogP contribution is 2.31. The normalized spacial score (nSPS) is 11.1. The van der Waals surface area contributed by atoms with Gasteiger partial charge in [0.25, 0.3) is 0 Å². The average molecular weight is 388 g/mol. The van der Waals surface area contributed by atoms with E-state index in [1.54, 1.807) is 0 Å². The van der Waals surface area contributed by atoms with E-state index in [2.05, 4.69) is 76.4 Å². The number of rotatable bonds is 4. The van der Waals surface area contributed by atoms with Crippen molar-refractivity contribution >= 4 is 27.6 Å². The highest BCUT2D eigenvalue weighted by molar-refractivity contribution is 6.11. The summed E-state index contributed by atoms with van der Waals surface area (Å²) in [5, 5.41) is 13.4. The third kappa shape index (κ3) is 3.08. The molecule has 1 heterocycles. The molecule has 0 atom stereocenters. The zero-order chi connectivity index (χ0) is 20.5. The molecule has 0 radical (unpaired) electrons. The molecule has 0 amide bonds. The molecule has 0 saturated carbocycles. The molecule has 144 valence electrons. The highest BCUT2D eigenvalue weighted by Gasteiger charge is 2.12. The number of hydrogen-bond donors (Lipinski definition) is 2. The lowest BCUT2D eigenvalue weighted by Crippen LogP contribution is -2.00. The first-order valence-electron chi connectivity index (χ1n) is 9.86. The maximum atomic E-state index is 7.88. The van der Waals surface area contributed by atoms with Crippen LogP contribution in [-0.2, 0) is 6.54 Å². The second kappa shape index (κ2) is 7.41. The lowest BCUT2D eigenvalue weighted by molar-refractivity contribution is 0.869. The van der Waals surface area contributed by atoms with Gasteiger partial charge >= 0.3 is 0 Å². The number of benzene rings is 4. The van der Waals surface area contributed by atoms with Gasteiger partial charge < -0.3 is 4.57 Å². The summed E-state index contributed by atoms with van der Waals surface area (Å²) >= 11 is 0. The van der Waals surface area contributed by atoms with Gasteiger partial charge in [-0.25, -0.2) is 5.53 Å². The van der Waals surface area contributed by atoms with Gasteiger partial charge in [-0.15, -0.1) is 5.11 Å². The summed E-state index contributed by atoms with van der Waals surface area (Å²) in [6.45, 7) is 0.763. The summed E-state index contributed by atoms with van der Waals surface area (Å²) < 4.78 is 2.31. The third-order valence-electron chi connectivity index (χ3n) is 5.56. The van der Waals surface area contributed by atoms with E-state index < -0.39 is 0 Å². The zero-order valence-corrected chi connectivity index (χ0v) is 16.3. The molecule has 4 aromatic carbocycles. The fraction of sp³-hybridized carbons (Fsp3) is 0.0385. The topological polar surface area (TPSA) is 65.0 Å². The first-order valence-corrected chi connectivity index (χ1v) is 9.86. The van der Waals surface area contributed by atoms with E-state index in [0.717, 1.165) is 28.4 Å². The Labute approximate surface area is 174 Å². The van der Waals surface area contributed by atoms with E-state index in [0.29, 0.717) is 5.56 Å². The molecule has 0 aliphatic heterocycles. The van der Waals surface area contributed by atoms with Gasteiger partial charge in [0.1, 0.15) is 0 Å². The lowest BCUT2D eigenvalue weighted by Gasteiger charge is -2.09. The molecule has 4 nitrogen and oxygen atoms in total. The van der Waals surface area contributed by atoms with E-state index in [1.165, 1.54) is 16.7 Å². The van der Waals surface area contributed by atoms with Gasteiger partial charge in [-0.2, -0.15) is 0 Å². The summed E-state index contributed by atoms with van der Waals surface area (Å²) in [5.74, 6) is -0.0229. The smallest absolute Gasteiger partial charge is 0.173 e. The van der Waals surface area contributed by atoms with Gasteiger partial charge in [-0.1, -0.05) is 72.8 Å². The summed E-state index contributed by atoms with van der Waals surface area (Å²) in [7, 11) is 0. The van der Waals surface area contributed by atoms with Crippen LogP contribution < -0.4 is 0 Å². The Hall–Kier alpha value is -4.05. The van der Waals surface area contributed by atoms with Gasteiger partial charge in [0, 0.05) is 33.9 Å². The second-order valence-corrected chi connectivity index (χ2v) is 7.36. The van der Waals surface area contributed by atoms with Crippen molar-refractivity contribution < 1.29 is 0 Å². The summed E-state index contributed by atoms with van der Waals surface area (Å²) in [4.78, 5) is 0. The van der Waals surface area contributed by atoms with E-state index in [1.807, 2.05) is 30.3 Å². The molecule has 4 heteroatoms. The van der Waals surface area contributed by atoms with Crippen LogP contribution in [0.4, 0.5) is 0 Å². The van der Waals surface area contributed by atoms with Crippen LogP contribution in [0.5, 0.6) is 0 Å². The van der Waals surface area contributed by atoms with Crippen LogP contribution in [0.25, 0.3) is 32.9 Å². The molecule has 0 aliphatic carbocycles. The molecule has 30 heavy (non-hydrogen) atoms. The molecule has 0 bridgehead atoms. The van der Waals surface area contributed by atoms with Crippen LogP contribution in [0.2, 0.25) is 0 Å². The molecule has 0 fully saturated rings. The van der Waals surface area contributed by atoms with E-state index in [-0.39, 0.29) is 5.84 Å². The molecule has 0 unspecified atom stereocenters. The van der Waals surface area contributed by atoms with Crippen molar-refractivity contribution in [1.82, 2.24) is 4.57 Å². The third-order valence-corrected chi connectivity index (χ3v) is 5.56. The Morgan fingerprint density at radius 2 is 1.37 bits per heavy atom. The predicted molar refractivity (Wildman–Crippen MR) is 122 cm³/mol. The van der Waals surface area contributed by atoms with Crippen LogP contribution in [0.1, 0.15) is 11.1 Å². The Kier molecular flexibility index (Phi) is 4.45. The van der Waals surface area contributed by atoms with Gasteiger partial charge in [-0.05, 0) is 41.0 Å². The quantitative estimate of drug-likeness (QED) is 0.192. The maximum absolute atomic E-state index is 7.88. The molecular formula is C26H20N4. The van der Waals surface area contributed by atoms with Gasteiger partial charge in [0.15, 0.2) is 5.84 Å². The van der Waals surface area contributed by atoms with Crippen molar-refractivity contribution in [1.29, 1.82) is 10.9 Å². The van der Waals surface area contributed by atoms with E-state index >= 15 is 0 Å². The van der Waals surface area contributed by atoms with Crippen molar-refractivity contribution in [3.8, 4) is 11.1 Å². The highest BCUT2D eigenvalue weighted by atomic mass is 15.0. The Bertz CT molecular complexity index is 1380. The number of nitrogens with zero attached hydrogens (tertiary/aromatic N) is 2. The molecule has 0 aliphatic rings. The predicted octanol–water partition coefficient (Wildman–Crippen LogP) is 6.87. The molecule has 0 saturated heterocycles. The first kappa shape index (κ1) is 18.0. The van der Waals surface area contributed by atoms with Crippen LogP contribution in [0, 0.1) is 10.9 Å². The van der Waals surface area contributed by atoms with Crippen LogP contribution in [0.3, 0.4) is 0 Å². The molecule has 5 rings (SSSR count). The Morgan fingerprint density at radius 1 is 0.700 bits per heavy atom. The Morgan fingerprint density at radius 3 is 2.13 bits per heavy atom. The van der Waals surface area contributed by atoms with Gasteiger partial charge in [0.05, 0.1) is 0 Å². The Balaban J connectivity index is 1.58. The summed E-state index contributed by atoms with van der Waals surface area (Å²) in [6.07, 6.45) is 0. The molecular weight excluding hydrogens is 368 g/mol. The number of para-hydroxylation sites is 1.